The van der Waals surface area contributed by atoms with Crippen molar-refractivity contribution in [1.82, 2.24) is 0 Å². The molecule has 1 rings (SSSR count). The first-order valence-corrected chi connectivity index (χ1v) is 5.96. The van der Waals surface area contributed by atoms with Crippen LogP contribution in [0, 0.1) is 0 Å². The Kier molecular flexibility index (Phi) is 2.65. The first kappa shape index (κ1) is 10.9. The lowest BCUT2D eigenvalue weighted by molar-refractivity contribution is 0.0950. The molecule has 0 aromatic carbocycles. The van der Waals surface area contributed by atoms with E-state index in [4.69, 9.17) is 0 Å². The second kappa shape index (κ2) is 3.17. The maximum atomic E-state index is 10.7. The molecule has 0 aromatic rings. The molecule has 0 bridgehead atoms. The van der Waals surface area contributed by atoms with E-state index in [1.54, 1.807) is 0 Å². The summed E-state index contributed by atoms with van der Waals surface area (Å²) >= 11 is 0. The molecule has 0 saturated carbocycles. The molecule has 13 heavy (non-hydrogen) atoms. The van der Waals surface area contributed by atoms with Crippen LogP contribution < -0.4 is 0 Å². The summed E-state index contributed by atoms with van der Waals surface area (Å²) < 4.78 is 55.2. The first-order valence-electron chi connectivity index (χ1n) is 3.29. The highest BCUT2D eigenvalue weighted by Crippen LogP contribution is 2.18. The van der Waals surface area contributed by atoms with Gasteiger partial charge in [0.1, 0.15) is 12.2 Å². The molecule has 0 radical (unpaired) electrons. The summed E-state index contributed by atoms with van der Waals surface area (Å²) in [6, 6.07) is 0. The molecule has 1 heterocycles. The van der Waals surface area contributed by atoms with Crippen molar-refractivity contribution in [2.45, 2.75) is 26.1 Å². The SMILES string of the molecule is CC1OS(=O)(=O)OS(=O)(=O)OC1C. The van der Waals surface area contributed by atoms with Crippen LogP contribution in [-0.2, 0) is 32.8 Å². The van der Waals surface area contributed by atoms with Crippen LogP contribution in [0.15, 0.2) is 0 Å². The molecule has 0 aliphatic carbocycles. The minimum atomic E-state index is -4.52. The minimum Gasteiger partial charge on any atom is -0.241 e. The van der Waals surface area contributed by atoms with Crippen LogP contribution in [0.25, 0.3) is 0 Å². The third-order valence-corrected chi connectivity index (χ3v) is 3.78. The van der Waals surface area contributed by atoms with Gasteiger partial charge in [-0.15, -0.1) is 3.63 Å². The molecule has 2 unspecified atom stereocenters. The summed E-state index contributed by atoms with van der Waals surface area (Å²) in [5.41, 5.74) is 0. The van der Waals surface area contributed by atoms with E-state index in [1.165, 1.54) is 13.8 Å². The maximum Gasteiger partial charge on any atom is 0.416 e. The molecule has 1 aliphatic heterocycles. The van der Waals surface area contributed by atoms with Crippen LogP contribution in [0.2, 0.25) is 0 Å². The Bertz CT molecular complexity index is 341. The van der Waals surface area contributed by atoms with Crippen molar-refractivity contribution in [3.8, 4) is 0 Å². The molecule has 0 aromatic heterocycles. The van der Waals surface area contributed by atoms with Gasteiger partial charge in [0.25, 0.3) is 0 Å². The van der Waals surface area contributed by atoms with Gasteiger partial charge in [0, 0.05) is 0 Å². The lowest BCUT2D eigenvalue weighted by atomic mass is 10.3. The van der Waals surface area contributed by atoms with Crippen LogP contribution in [0.3, 0.4) is 0 Å². The number of rotatable bonds is 0. The van der Waals surface area contributed by atoms with Gasteiger partial charge in [-0.25, -0.2) is 8.37 Å². The lowest BCUT2D eigenvalue weighted by Gasteiger charge is -2.11. The Morgan fingerprint density at radius 2 is 1.15 bits per heavy atom. The van der Waals surface area contributed by atoms with Gasteiger partial charge < -0.3 is 0 Å². The predicted octanol–water partition coefficient (Wildman–Crippen LogP) is -0.684. The topological polar surface area (TPSA) is 96.0 Å². The Balaban J connectivity index is 3.08. The zero-order chi connectivity index (χ0) is 10.3. The van der Waals surface area contributed by atoms with Gasteiger partial charge in [0.15, 0.2) is 0 Å². The van der Waals surface area contributed by atoms with Crippen molar-refractivity contribution >= 4 is 20.8 Å². The third kappa shape index (κ3) is 2.88. The predicted molar refractivity (Wildman–Crippen MR) is 40.0 cm³/mol. The van der Waals surface area contributed by atoms with E-state index in [2.05, 4.69) is 12.0 Å². The van der Waals surface area contributed by atoms with Gasteiger partial charge in [-0.3, -0.25) is 0 Å². The average molecular weight is 232 g/mol. The normalized spacial score (nSPS) is 38.0. The fourth-order valence-corrected chi connectivity index (χ4v) is 2.79. The van der Waals surface area contributed by atoms with Crippen molar-refractivity contribution in [1.29, 1.82) is 0 Å². The maximum absolute atomic E-state index is 10.7. The second-order valence-corrected chi connectivity index (χ2v) is 5.05. The van der Waals surface area contributed by atoms with E-state index in [0.29, 0.717) is 0 Å². The zero-order valence-corrected chi connectivity index (χ0v) is 8.46. The first-order chi connectivity index (χ1) is 5.72. The standard InChI is InChI=1S/C4H8O7S2/c1-3-4(2)10-13(7,8)11-12(5,6)9-3/h3-4H,1-2H3. The lowest BCUT2D eigenvalue weighted by Crippen LogP contribution is -2.25. The fraction of sp³-hybridized carbons (Fsp3) is 1.00. The number of hydrogen-bond acceptors (Lipinski definition) is 7. The molecule has 0 amide bonds. The molecular weight excluding hydrogens is 224 g/mol. The molecule has 0 spiro atoms. The van der Waals surface area contributed by atoms with E-state index < -0.39 is 33.0 Å². The van der Waals surface area contributed by atoms with E-state index in [9.17, 15) is 16.8 Å². The average Bonchev–Trinajstić information content (AvgIpc) is 1.85. The van der Waals surface area contributed by atoms with Crippen LogP contribution in [0.5, 0.6) is 0 Å². The molecule has 78 valence electrons. The molecule has 0 N–H and O–H groups in total. The highest BCUT2D eigenvalue weighted by atomic mass is 32.3. The Hall–Kier alpha value is -0.220. The molecule has 7 nitrogen and oxygen atoms in total. The molecular formula is C4H8O7S2. The summed E-state index contributed by atoms with van der Waals surface area (Å²) in [6.07, 6.45) is -1.83. The summed E-state index contributed by atoms with van der Waals surface area (Å²) in [5.74, 6) is 0. The summed E-state index contributed by atoms with van der Waals surface area (Å²) in [5, 5.41) is 0. The van der Waals surface area contributed by atoms with Crippen molar-refractivity contribution < 1.29 is 28.8 Å². The Labute approximate surface area is 76.3 Å². The van der Waals surface area contributed by atoms with Crippen LogP contribution >= 0.6 is 0 Å². The second-order valence-electron chi connectivity index (χ2n) is 2.49. The molecule has 1 fully saturated rings. The molecule has 2 atom stereocenters. The van der Waals surface area contributed by atoms with Crippen LogP contribution in [-0.4, -0.2) is 29.0 Å². The van der Waals surface area contributed by atoms with Crippen molar-refractivity contribution in [2.24, 2.45) is 0 Å². The summed E-state index contributed by atoms with van der Waals surface area (Å²) in [7, 11) is -9.04. The van der Waals surface area contributed by atoms with E-state index in [-0.39, 0.29) is 0 Å². The monoisotopic (exact) mass is 232 g/mol. The van der Waals surface area contributed by atoms with Crippen molar-refractivity contribution in [3.05, 3.63) is 0 Å². The van der Waals surface area contributed by atoms with Gasteiger partial charge in [-0.05, 0) is 13.8 Å². The number of hydrogen-bond donors (Lipinski definition) is 0. The highest BCUT2D eigenvalue weighted by molar-refractivity contribution is 7.95. The largest absolute Gasteiger partial charge is 0.416 e. The van der Waals surface area contributed by atoms with Crippen molar-refractivity contribution in [3.63, 3.8) is 0 Å². The van der Waals surface area contributed by atoms with Gasteiger partial charge in [0.05, 0.1) is 0 Å². The summed E-state index contributed by atoms with van der Waals surface area (Å²) in [4.78, 5) is 0. The highest BCUT2D eigenvalue weighted by Gasteiger charge is 2.36. The Morgan fingerprint density at radius 3 is 1.46 bits per heavy atom. The van der Waals surface area contributed by atoms with Crippen molar-refractivity contribution in [2.75, 3.05) is 0 Å². The zero-order valence-electron chi connectivity index (χ0n) is 6.83. The van der Waals surface area contributed by atoms with Gasteiger partial charge in [-0.1, -0.05) is 0 Å². The minimum absolute atomic E-state index is 0.915. The van der Waals surface area contributed by atoms with Crippen LogP contribution in [0.4, 0.5) is 0 Å². The van der Waals surface area contributed by atoms with E-state index >= 15 is 0 Å². The molecule has 9 heteroatoms. The van der Waals surface area contributed by atoms with Gasteiger partial charge >= 0.3 is 20.8 Å². The van der Waals surface area contributed by atoms with E-state index in [0.717, 1.165) is 0 Å². The molecule has 1 aliphatic rings. The smallest absolute Gasteiger partial charge is 0.241 e. The quantitative estimate of drug-likeness (QED) is 0.545. The van der Waals surface area contributed by atoms with Crippen LogP contribution in [0.1, 0.15) is 13.8 Å². The Morgan fingerprint density at radius 1 is 0.846 bits per heavy atom. The van der Waals surface area contributed by atoms with E-state index in [1.807, 2.05) is 0 Å². The summed E-state index contributed by atoms with van der Waals surface area (Å²) in [6.45, 7) is 2.71. The fourth-order valence-electron chi connectivity index (χ4n) is 0.662. The van der Waals surface area contributed by atoms with Gasteiger partial charge in [0.2, 0.25) is 0 Å². The third-order valence-electron chi connectivity index (χ3n) is 1.37. The van der Waals surface area contributed by atoms with Gasteiger partial charge in [-0.2, -0.15) is 16.8 Å². The molecule has 1 saturated heterocycles.